The van der Waals surface area contributed by atoms with Gasteiger partial charge in [0.2, 0.25) is 0 Å². The van der Waals surface area contributed by atoms with Crippen molar-refractivity contribution in [2.45, 2.75) is 66.2 Å². The second-order valence-electron chi connectivity index (χ2n) is 8.07. The third-order valence-electron chi connectivity index (χ3n) is 4.90. The molecule has 1 rings (SSSR count). The molecule has 1 aliphatic carbocycles. The molecule has 26 heavy (non-hydrogen) atoms. The Kier molecular flexibility index (Phi) is 8.31. The lowest BCUT2D eigenvalue weighted by atomic mass is 9.65. The van der Waals surface area contributed by atoms with Crippen LogP contribution < -0.4 is 0 Å². The summed E-state index contributed by atoms with van der Waals surface area (Å²) in [6.45, 7) is 8.18. The molecule has 1 saturated carbocycles. The van der Waals surface area contributed by atoms with Gasteiger partial charge in [0.15, 0.2) is 0 Å². The minimum atomic E-state index is -1.55. The minimum Gasteiger partial charge on any atom is -0.481 e. The third kappa shape index (κ3) is 5.85. The van der Waals surface area contributed by atoms with Gasteiger partial charge < -0.3 is 14.9 Å². The van der Waals surface area contributed by atoms with Crippen LogP contribution in [0.1, 0.15) is 66.2 Å². The van der Waals surface area contributed by atoms with Crippen LogP contribution in [0.5, 0.6) is 0 Å². The maximum atomic E-state index is 12.5. The number of carbonyl (C=O) groups excluding carboxylic acids is 1. The molecule has 6 heteroatoms. The molecule has 0 spiro atoms. The van der Waals surface area contributed by atoms with Gasteiger partial charge in [-0.3, -0.25) is 9.59 Å². The summed E-state index contributed by atoms with van der Waals surface area (Å²) in [5.74, 6) is -3.35. The van der Waals surface area contributed by atoms with Crippen LogP contribution in [0.2, 0.25) is 0 Å². The molecule has 0 heterocycles. The van der Waals surface area contributed by atoms with E-state index in [0.29, 0.717) is 31.6 Å². The molecule has 148 valence electrons. The maximum Gasteiger partial charge on any atom is 0.333 e. The molecule has 0 aliphatic heterocycles. The lowest BCUT2D eigenvalue weighted by molar-refractivity contribution is -0.161. The van der Waals surface area contributed by atoms with Gasteiger partial charge in [-0.15, -0.1) is 0 Å². The highest BCUT2D eigenvalue weighted by atomic mass is 16.5. The van der Waals surface area contributed by atoms with Crippen molar-refractivity contribution in [3.63, 3.8) is 0 Å². The number of esters is 1. The van der Waals surface area contributed by atoms with Crippen LogP contribution in [0.25, 0.3) is 0 Å². The molecule has 2 N–H and O–H groups in total. The number of aliphatic carboxylic acids is 2. The van der Waals surface area contributed by atoms with Crippen LogP contribution in [0.15, 0.2) is 11.6 Å². The Morgan fingerprint density at radius 2 is 1.77 bits per heavy atom. The molecule has 0 amide bonds. The molecule has 1 aliphatic rings. The SMILES string of the molecule is CC(C)CCOC(=O)C(=CC1(C(=O)O)CCCCC1C(=O)O)CC(C)C. The van der Waals surface area contributed by atoms with Gasteiger partial charge in [0.25, 0.3) is 0 Å². The fourth-order valence-electron chi connectivity index (χ4n) is 3.46. The first-order valence-corrected chi connectivity index (χ1v) is 9.45. The molecule has 0 saturated heterocycles. The van der Waals surface area contributed by atoms with E-state index in [2.05, 4.69) is 0 Å². The number of carboxylic acids is 2. The van der Waals surface area contributed by atoms with Crippen LogP contribution in [0.3, 0.4) is 0 Å². The smallest absolute Gasteiger partial charge is 0.333 e. The predicted octanol–water partition coefficient (Wildman–Crippen LogP) is 3.89. The van der Waals surface area contributed by atoms with Crippen molar-refractivity contribution in [2.24, 2.45) is 23.2 Å². The highest BCUT2D eigenvalue weighted by molar-refractivity contribution is 5.92. The Morgan fingerprint density at radius 3 is 2.27 bits per heavy atom. The Labute approximate surface area is 155 Å². The summed E-state index contributed by atoms with van der Waals surface area (Å²) in [4.78, 5) is 36.3. The van der Waals surface area contributed by atoms with E-state index in [9.17, 15) is 24.6 Å². The average Bonchev–Trinajstić information content (AvgIpc) is 2.53. The van der Waals surface area contributed by atoms with Gasteiger partial charge in [0.1, 0.15) is 0 Å². The quantitative estimate of drug-likeness (QED) is 0.473. The van der Waals surface area contributed by atoms with Crippen molar-refractivity contribution in [1.29, 1.82) is 0 Å². The molecule has 6 nitrogen and oxygen atoms in total. The fraction of sp³-hybridized carbons (Fsp3) is 0.750. The number of carboxylic acid groups (broad SMARTS) is 2. The first kappa shape index (κ1) is 22.2. The summed E-state index contributed by atoms with van der Waals surface area (Å²) >= 11 is 0. The van der Waals surface area contributed by atoms with Gasteiger partial charge in [-0.25, -0.2) is 4.79 Å². The topological polar surface area (TPSA) is 101 Å². The molecular formula is C20H32O6. The minimum absolute atomic E-state index is 0.122. The monoisotopic (exact) mass is 368 g/mol. The number of rotatable bonds is 9. The Balaban J connectivity index is 3.21. The zero-order valence-corrected chi connectivity index (χ0v) is 16.3. The van der Waals surface area contributed by atoms with Crippen LogP contribution >= 0.6 is 0 Å². The lowest BCUT2D eigenvalue weighted by Gasteiger charge is -2.36. The first-order valence-electron chi connectivity index (χ1n) is 9.45. The third-order valence-corrected chi connectivity index (χ3v) is 4.90. The van der Waals surface area contributed by atoms with E-state index in [1.165, 1.54) is 6.08 Å². The van der Waals surface area contributed by atoms with Crippen LogP contribution in [-0.4, -0.2) is 34.7 Å². The molecule has 2 atom stereocenters. The van der Waals surface area contributed by atoms with Crippen LogP contribution in [0.4, 0.5) is 0 Å². The molecule has 2 unspecified atom stereocenters. The molecule has 0 aromatic carbocycles. The Bertz CT molecular complexity index is 549. The average molecular weight is 368 g/mol. The van der Waals surface area contributed by atoms with E-state index in [-0.39, 0.29) is 24.5 Å². The van der Waals surface area contributed by atoms with Crippen molar-refractivity contribution in [2.75, 3.05) is 6.61 Å². The molecule has 0 radical (unpaired) electrons. The predicted molar refractivity (Wildman–Crippen MR) is 97.6 cm³/mol. The Morgan fingerprint density at radius 1 is 1.12 bits per heavy atom. The number of hydrogen-bond acceptors (Lipinski definition) is 4. The van der Waals surface area contributed by atoms with Gasteiger partial charge in [0, 0.05) is 5.57 Å². The maximum absolute atomic E-state index is 12.5. The van der Waals surface area contributed by atoms with Crippen molar-refractivity contribution >= 4 is 17.9 Å². The summed E-state index contributed by atoms with van der Waals surface area (Å²) in [5.41, 5.74) is -1.27. The van der Waals surface area contributed by atoms with Crippen molar-refractivity contribution in [3.05, 3.63) is 11.6 Å². The van der Waals surface area contributed by atoms with E-state index < -0.39 is 29.2 Å². The van der Waals surface area contributed by atoms with Crippen molar-refractivity contribution in [1.82, 2.24) is 0 Å². The number of hydrogen-bond donors (Lipinski definition) is 2. The highest BCUT2D eigenvalue weighted by Crippen LogP contribution is 2.44. The van der Waals surface area contributed by atoms with Gasteiger partial charge in [-0.1, -0.05) is 46.6 Å². The lowest BCUT2D eigenvalue weighted by Crippen LogP contribution is -2.44. The highest BCUT2D eigenvalue weighted by Gasteiger charge is 2.50. The van der Waals surface area contributed by atoms with Gasteiger partial charge >= 0.3 is 17.9 Å². The van der Waals surface area contributed by atoms with Crippen LogP contribution in [-0.2, 0) is 19.1 Å². The van der Waals surface area contributed by atoms with Gasteiger partial charge in [0.05, 0.1) is 17.9 Å². The van der Waals surface area contributed by atoms with Crippen molar-refractivity contribution in [3.8, 4) is 0 Å². The fourth-order valence-corrected chi connectivity index (χ4v) is 3.46. The zero-order chi connectivity index (χ0) is 19.9. The summed E-state index contributed by atoms with van der Waals surface area (Å²) in [6, 6.07) is 0. The molecule has 0 aromatic heterocycles. The van der Waals surface area contributed by atoms with Crippen LogP contribution in [0, 0.1) is 23.2 Å². The summed E-state index contributed by atoms with van der Waals surface area (Å²) in [5, 5.41) is 19.4. The Hall–Kier alpha value is -1.85. The van der Waals surface area contributed by atoms with E-state index in [4.69, 9.17) is 4.74 Å². The number of ether oxygens (including phenoxy) is 1. The largest absolute Gasteiger partial charge is 0.481 e. The van der Waals surface area contributed by atoms with Gasteiger partial charge in [-0.2, -0.15) is 0 Å². The summed E-state index contributed by atoms with van der Waals surface area (Å²) < 4.78 is 5.33. The van der Waals surface area contributed by atoms with E-state index in [1.807, 2.05) is 27.7 Å². The van der Waals surface area contributed by atoms with Gasteiger partial charge in [-0.05, 0) is 37.5 Å². The second-order valence-corrected chi connectivity index (χ2v) is 8.07. The summed E-state index contributed by atoms with van der Waals surface area (Å²) in [7, 11) is 0. The standard InChI is InChI=1S/C20H32O6/c1-13(2)8-10-26-18(23)15(11-14(3)4)12-20(19(24)25)9-6-5-7-16(20)17(21)22/h12-14,16H,5-11H2,1-4H3,(H,21,22)(H,24,25). The summed E-state index contributed by atoms with van der Waals surface area (Å²) in [6.07, 6.45) is 4.31. The van der Waals surface area contributed by atoms with E-state index in [0.717, 1.165) is 6.42 Å². The molecule has 1 fully saturated rings. The first-order chi connectivity index (χ1) is 12.1. The van der Waals surface area contributed by atoms with E-state index >= 15 is 0 Å². The molecule has 0 bridgehead atoms. The molecule has 0 aromatic rings. The number of carbonyl (C=O) groups is 3. The molecular weight excluding hydrogens is 336 g/mol. The second kappa shape index (κ2) is 9.74. The van der Waals surface area contributed by atoms with Crippen molar-refractivity contribution < 1.29 is 29.3 Å². The zero-order valence-electron chi connectivity index (χ0n) is 16.3. The van der Waals surface area contributed by atoms with E-state index in [1.54, 1.807) is 0 Å². The normalized spacial score (nSPS) is 23.9.